The third-order valence-electron chi connectivity index (χ3n) is 5.84. The monoisotopic (exact) mass is 454 g/mol. The molecule has 2 aromatic carbocycles. The molecule has 5 heteroatoms. The molecule has 2 aromatic rings. The van der Waals surface area contributed by atoms with E-state index in [1.54, 1.807) is 17.0 Å². The lowest BCUT2D eigenvalue weighted by atomic mass is 10.1. The van der Waals surface area contributed by atoms with Crippen molar-refractivity contribution < 1.29 is 14.0 Å². The fraction of sp³-hybridized carbons (Fsp3) is 0.500. The number of unbranched alkanes of at least 4 members (excludes halogenated alkanes) is 6. The molecule has 33 heavy (non-hydrogen) atoms. The van der Waals surface area contributed by atoms with E-state index in [1.165, 1.54) is 37.0 Å². The Morgan fingerprint density at radius 1 is 0.818 bits per heavy atom. The molecule has 0 saturated heterocycles. The fourth-order valence-electron chi connectivity index (χ4n) is 3.82. The number of amides is 2. The van der Waals surface area contributed by atoms with Gasteiger partial charge in [-0.05, 0) is 61.2 Å². The summed E-state index contributed by atoms with van der Waals surface area (Å²) in [5, 5.41) is 2.91. The second kappa shape index (κ2) is 15.2. The Morgan fingerprint density at radius 2 is 1.45 bits per heavy atom. The van der Waals surface area contributed by atoms with Crippen molar-refractivity contribution in [2.45, 2.75) is 78.1 Å². The fourth-order valence-corrected chi connectivity index (χ4v) is 3.82. The van der Waals surface area contributed by atoms with Gasteiger partial charge in [0.1, 0.15) is 5.82 Å². The lowest BCUT2D eigenvalue weighted by Crippen LogP contribution is -2.38. The van der Waals surface area contributed by atoms with Crippen molar-refractivity contribution in [3.05, 3.63) is 65.5 Å². The summed E-state index contributed by atoms with van der Waals surface area (Å²) < 4.78 is 13.4. The summed E-state index contributed by atoms with van der Waals surface area (Å²) >= 11 is 0. The zero-order valence-corrected chi connectivity index (χ0v) is 20.2. The molecule has 0 radical (unpaired) electrons. The molecule has 0 aromatic heterocycles. The van der Waals surface area contributed by atoms with Gasteiger partial charge in [0.05, 0.1) is 0 Å². The Balaban J connectivity index is 1.89. The molecule has 2 amide bonds. The van der Waals surface area contributed by atoms with Crippen LogP contribution in [0.3, 0.4) is 0 Å². The Hall–Kier alpha value is -2.69. The van der Waals surface area contributed by atoms with Crippen LogP contribution >= 0.6 is 0 Å². The Labute approximate surface area is 198 Å². The summed E-state index contributed by atoms with van der Waals surface area (Å²) in [4.78, 5) is 27.1. The maximum absolute atomic E-state index is 13.4. The van der Waals surface area contributed by atoms with Gasteiger partial charge in [0, 0.05) is 30.8 Å². The van der Waals surface area contributed by atoms with Gasteiger partial charge in [0.25, 0.3) is 5.91 Å². The minimum atomic E-state index is -0.336. The Morgan fingerprint density at radius 3 is 2.12 bits per heavy atom. The maximum Gasteiger partial charge on any atom is 0.251 e. The van der Waals surface area contributed by atoms with Crippen LogP contribution in [0.15, 0.2) is 48.5 Å². The molecule has 0 bridgehead atoms. The van der Waals surface area contributed by atoms with E-state index in [2.05, 4.69) is 19.2 Å². The van der Waals surface area contributed by atoms with Gasteiger partial charge in [0.2, 0.25) is 5.91 Å². The van der Waals surface area contributed by atoms with E-state index in [9.17, 15) is 14.0 Å². The van der Waals surface area contributed by atoms with Crippen molar-refractivity contribution in [1.82, 2.24) is 5.32 Å². The second-order valence-corrected chi connectivity index (χ2v) is 8.60. The first-order valence-corrected chi connectivity index (χ1v) is 12.5. The number of anilines is 1. The predicted molar refractivity (Wildman–Crippen MR) is 134 cm³/mol. The molecule has 0 aliphatic heterocycles. The molecule has 0 unspecified atom stereocenters. The normalized spacial score (nSPS) is 10.8. The van der Waals surface area contributed by atoms with E-state index in [0.29, 0.717) is 30.8 Å². The number of aryl methyl sites for hydroxylation is 1. The predicted octanol–water partition coefficient (Wildman–Crippen LogP) is 6.68. The molecule has 0 fully saturated rings. The highest BCUT2D eigenvalue weighted by atomic mass is 19.1. The van der Waals surface area contributed by atoms with Crippen LogP contribution in [0.25, 0.3) is 0 Å². The smallest absolute Gasteiger partial charge is 0.251 e. The Kier molecular flexibility index (Phi) is 12.2. The number of benzene rings is 2. The summed E-state index contributed by atoms with van der Waals surface area (Å²) in [6.45, 7) is 5.03. The van der Waals surface area contributed by atoms with Crippen LogP contribution in [0, 0.1) is 5.82 Å². The van der Waals surface area contributed by atoms with E-state index >= 15 is 0 Å². The second-order valence-electron chi connectivity index (χ2n) is 8.60. The minimum Gasteiger partial charge on any atom is -0.350 e. The lowest BCUT2D eigenvalue weighted by molar-refractivity contribution is -0.118. The average Bonchev–Trinajstić information content (AvgIpc) is 2.83. The van der Waals surface area contributed by atoms with E-state index in [0.717, 1.165) is 38.5 Å². The molecule has 1 N–H and O–H groups in total. The number of nitrogens with zero attached hydrogens (tertiary/aromatic N) is 1. The van der Waals surface area contributed by atoms with E-state index in [-0.39, 0.29) is 17.6 Å². The number of carbonyl (C=O) groups is 2. The molecular formula is C28H39FN2O2. The number of hydrogen-bond donors (Lipinski definition) is 1. The zero-order valence-electron chi connectivity index (χ0n) is 20.2. The molecule has 180 valence electrons. The number of halogens is 1. The molecule has 0 spiro atoms. The third kappa shape index (κ3) is 9.77. The van der Waals surface area contributed by atoms with Gasteiger partial charge in [-0.2, -0.15) is 0 Å². The van der Waals surface area contributed by atoms with Crippen molar-refractivity contribution in [3.8, 4) is 0 Å². The first kappa shape index (κ1) is 26.6. The first-order valence-electron chi connectivity index (χ1n) is 12.5. The van der Waals surface area contributed by atoms with Gasteiger partial charge in [0.15, 0.2) is 0 Å². The van der Waals surface area contributed by atoms with Gasteiger partial charge in [-0.1, -0.05) is 64.5 Å². The van der Waals surface area contributed by atoms with Crippen LogP contribution in [-0.2, 0) is 11.2 Å². The molecule has 0 saturated carbocycles. The number of rotatable bonds is 15. The highest BCUT2D eigenvalue weighted by molar-refractivity contribution is 5.95. The van der Waals surface area contributed by atoms with Gasteiger partial charge >= 0.3 is 0 Å². The average molecular weight is 455 g/mol. The Bertz CT molecular complexity index is 834. The minimum absolute atomic E-state index is 0.00351. The number of hydrogen-bond acceptors (Lipinski definition) is 2. The van der Waals surface area contributed by atoms with Crippen LogP contribution in [0.5, 0.6) is 0 Å². The summed E-state index contributed by atoms with van der Waals surface area (Å²) in [5.74, 6) is -0.484. The van der Waals surface area contributed by atoms with E-state index < -0.39 is 0 Å². The van der Waals surface area contributed by atoms with Crippen LogP contribution in [0.1, 0.15) is 87.6 Å². The molecule has 0 aliphatic rings. The highest BCUT2D eigenvalue weighted by Crippen LogP contribution is 2.17. The first-order chi connectivity index (χ1) is 16.0. The largest absolute Gasteiger partial charge is 0.350 e. The maximum atomic E-state index is 13.4. The molecule has 2 rings (SSSR count). The zero-order chi connectivity index (χ0) is 23.9. The SMILES string of the molecule is CCCCCCCC(=O)N(CCNC(=O)c1ccc(CCCCC)cc1)c1ccc(F)cc1. The van der Waals surface area contributed by atoms with Crippen molar-refractivity contribution in [3.63, 3.8) is 0 Å². The molecular weight excluding hydrogens is 415 g/mol. The van der Waals surface area contributed by atoms with Crippen LogP contribution in [-0.4, -0.2) is 24.9 Å². The van der Waals surface area contributed by atoms with Crippen molar-refractivity contribution >= 4 is 17.5 Å². The molecule has 0 heterocycles. The topological polar surface area (TPSA) is 49.4 Å². The molecule has 0 aliphatic carbocycles. The summed E-state index contributed by atoms with van der Waals surface area (Å²) in [6, 6.07) is 13.7. The van der Waals surface area contributed by atoms with Crippen LogP contribution in [0.2, 0.25) is 0 Å². The van der Waals surface area contributed by atoms with Crippen molar-refractivity contribution in [1.29, 1.82) is 0 Å². The van der Waals surface area contributed by atoms with Gasteiger partial charge in [-0.15, -0.1) is 0 Å². The molecule has 0 atom stereocenters. The standard InChI is InChI=1S/C28H39FN2O2/c1-3-5-7-8-10-12-27(32)31(26-19-17-25(29)18-20-26)22-21-30-28(33)24-15-13-23(14-16-24)11-9-6-4-2/h13-20H,3-12,21-22H2,1-2H3,(H,30,33). The van der Waals surface area contributed by atoms with Gasteiger partial charge in [-0.3, -0.25) is 9.59 Å². The van der Waals surface area contributed by atoms with Gasteiger partial charge in [-0.25, -0.2) is 4.39 Å². The summed E-state index contributed by atoms with van der Waals surface area (Å²) in [7, 11) is 0. The highest BCUT2D eigenvalue weighted by Gasteiger charge is 2.16. The van der Waals surface area contributed by atoms with Gasteiger partial charge < -0.3 is 10.2 Å². The third-order valence-corrected chi connectivity index (χ3v) is 5.84. The van der Waals surface area contributed by atoms with Crippen molar-refractivity contribution in [2.24, 2.45) is 0 Å². The number of nitrogens with one attached hydrogen (secondary N) is 1. The summed E-state index contributed by atoms with van der Waals surface area (Å²) in [6.07, 6.45) is 10.4. The van der Waals surface area contributed by atoms with E-state index in [4.69, 9.17) is 0 Å². The lowest BCUT2D eigenvalue weighted by Gasteiger charge is -2.23. The van der Waals surface area contributed by atoms with Crippen LogP contribution < -0.4 is 10.2 Å². The molecule has 4 nitrogen and oxygen atoms in total. The summed E-state index contributed by atoms with van der Waals surface area (Å²) in [5.41, 5.74) is 2.51. The van der Waals surface area contributed by atoms with E-state index in [1.807, 2.05) is 24.3 Å². The van der Waals surface area contributed by atoms with Crippen molar-refractivity contribution in [2.75, 3.05) is 18.0 Å². The number of carbonyl (C=O) groups excluding carboxylic acids is 2. The quantitative estimate of drug-likeness (QED) is 0.305. The van der Waals surface area contributed by atoms with Crippen LogP contribution in [0.4, 0.5) is 10.1 Å².